The molecular weight excluding hydrogens is 394 g/mol. The maximum Gasteiger partial charge on any atom is 0.308 e. The van der Waals surface area contributed by atoms with Crippen LogP contribution in [-0.2, 0) is 4.79 Å². The van der Waals surface area contributed by atoms with Crippen LogP contribution in [0.1, 0.15) is 32.7 Å². The molecule has 0 aliphatic carbocycles. The fraction of sp³-hybridized carbons (Fsp3) is 0.238. The predicted molar refractivity (Wildman–Crippen MR) is 111 cm³/mol. The minimum absolute atomic E-state index is 0.158. The lowest BCUT2D eigenvalue weighted by Gasteiger charge is -2.35. The lowest BCUT2D eigenvalue weighted by atomic mass is 9.80. The van der Waals surface area contributed by atoms with Crippen molar-refractivity contribution in [3.63, 3.8) is 0 Å². The summed E-state index contributed by atoms with van der Waals surface area (Å²) < 4.78 is 5.22. The van der Waals surface area contributed by atoms with E-state index in [1.165, 1.54) is 11.8 Å². The lowest BCUT2D eigenvalue weighted by Crippen LogP contribution is -2.30. The third kappa shape index (κ3) is 3.36. The molecule has 5 nitrogen and oxygen atoms in total. The van der Waals surface area contributed by atoms with Crippen LogP contribution < -0.4 is 9.61 Å². The van der Waals surface area contributed by atoms with Gasteiger partial charge in [0.05, 0.1) is 23.3 Å². The van der Waals surface area contributed by atoms with E-state index in [4.69, 9.17) is 4.74 Å². The van der Waals surface area contributed by atoms with Crippen molar-refractivity contribution in [1.29, 1.82) is 0 Å². The number of carbonyl (C=O) groups is 1. The van der Waals surface area contributed by atoms with Crippen molar-refractivity contribution in [2.24, 2.45) is 5.92 Å². The molecule has 3 aromatic rings. The number of H-pyrrole nitrogens is 1. The summed E-state index contributed by atoms with van der Waals surface area (Å²) in [5, 5.41) is 10.6. The first-order chi connectivity index (χ1) is 13.5. The number of rotatable bonds is 4. The number of carboxylic acids is 1. The molecule has 2 aromatic carbocycles. The standard InChI is InChI=1S/C21H19NO4S2/c1-11-3-5-12(6-4-11)15-16(20(23)24)17(13-7-9-14(26-2)10-8-13)27-19-18(15)28-21(25)22-19/h3-10,15-17H,1-2H3,(H,22,25)(H,23,24)/t15-,16+,17+/m1/s1. The summed E-state index contributed by atoms with van der Waals surface area (Å²) >= 11 is 2.52. The van der Waals surface area contributed by atoms with Gasteiger partial charge in [0.15, 0.2) is 0 Å². The average molecular weight is 414 g/mol. The fourth-order valence-corrected chi connectivity index (χ4v) is 6.23. The van der Waals surface area contributed by atoms with Gasteiger partial charge in [0, 0.05) is 10.8 Å². The van der Waals surface area contributed by atoms with Gasteiger partial charge in [-0.15, -0.1) is 0 Å². The zero-order valence-corrected chi connectivity index (χ0v) is 17.0. The molecule has 0 fully saturated rings. The van der Waals surface area contributed by atoms with E-state index in [1.807, 2.05) is 55.5 Å². The van der Waals surface area contributed by atoms with Gasteiger partial charge < -0.3 is 14.8 Å². The van der Waals surface area contributed by atoms with Crippen LogP contribution in [0.3, 0.4) is 0 Å². The Morgan fingerprint density at radius 3 is 2.32 bits per heavy atom. The van der Waals surface area contributed by atoms with Crippen molar-refractivity contribution in [3.8, 4) is 5.75 Å². The normalized spacial score (nSPS) is 21.1. The molecule has 7 heteroatoms. The molecule has 3 atom stereocenters. The Kier molecular flexibility index (Phi) is 5.03. The highest BCUT2D eigenvalue weighted by Gasteiger charge is 2.45. The van der Waals surface area contributed by atoms with Crippen molar-refractivity contribution in [2.45, 2.75) is 23.1 Å². The van der Waals surface area contributed by atoms with Gasteiger partial charge in [-0.1, -0.05) is 65.1 Å². The summed E-state index contributed by atoms with van der Waals surface area (Å²) in [5.41, 5.74) is 2.91. The van der Waals surface area contributed by atoms with E-state index in [9.17, 15) is 14.7 Å². The molecule has 0 bridgehead atoms. The van der Waals surface area contributed by atoms with Crippen molar-refractivity contribution in [2.75, 3.05) is 7.11 Å². The quantitative estimate of drug-likeness (QED) is 0.661. The number of thioether (sulfide) groups is 1. The Morgan fingerprint density at radius 1 is 1.07 bits per heavy atom. The van der Waals surface area contributed by atoms with Gasteiger partial charge in [-0.05, 0) is 30.2 Å². The Labute approximate surface area is 170 Å². The SMILES string of the molecule is COc1ccc([C@@H]2Sc3[nH]c(=O)sc3[C@H](c3ccc(C)cc3)[C@@H]2C(=O)O)cc1. The van der Waals surface area contributed by atoms with Crippen LogP contribution in [0.4, 0.5) is 0 Å². The molecule has 1 aliphatic heterocycles. The molecule has 0 saturated carbocycles. The summed E-state index contributed by atoms with van der Waals surface area (Å²) in [5.74, 6) is -1.23. The Morgan fingerprint density at radius 2 is 1.71 bits per heavy atom. The molecule has 0 spiro atoms. The molecule has 144 valence electrons. The Bertz CT molecular complexity index is 1050. The second-order valence-corrected chi connectivity index (χ2v) is 8.94. The molecule has 4 rings (SSSR count). The van der Waals surface area contributed by atoms with Gasteiger partial charge in [-0.2, -0.15) is 0 Å². The van der Waals surface area contributed by atoms with Gasteiger partial charge in [0.2, 0.25) is 0 Å². The number of carboxylic acid groups (broad SMARTS) is 1. The molecule has 0 amide bonds. The largest absolute Gasteiger partial charge is 0.497 e. The molecule has 1 aliphatic rings. The summed E-state index contributed by atoms with van der Waals surface area (Å²) in [6.45, 7) is 2.00. The topological polar surface area (TPSA) is 79.4 Å². The van der Waals surface area contributed by atoms with Crippen LogP contribution in [0, 0.1) is 12.8 Å². The Balaban J connectivity index is 1.87. The number of hydrogen-bond donors (Lipinski definition) is 2. The highest BCUT2D eigenvalue weighted by atomic mass is 32.2. The summed E-state index contributed by atoms with van der Waals surface area (Å²) in [6, 6.07) is 15.3. The van der Waals surface area contributed by atoms with Gasteiger partial charge in [0.1, 0.15) is 5.75 Å². The number of hydrogen-bond acceptors (Lipinski definition) is 5. The maximum atomic E-state index is 12.4. The van der Waals surface area contributed by atoms with E-state index in [0.29, 0.717) is 0 Å². The summed E-state index contributed by atoms with van der Waals surface area (Å²) in [6.07, 6.45) is 0. The number of aromatic nitrogens is 1. The number of benzene rings is 2. The van der Waals surface area contributed by atoms with E-state index >= 15 is 0 Å². The second-order valence-electron chi connectivity index (χ2n) is 6.77. The zero-order valence-electron chi connectivity index (χ0n) is 15.3. The van der Waals surface area contributed by atoms with Crippen LogP contribution >= 0.6 is 23.1 Å². The van der Waals surface area contributed by atoms with E-state index < -0.39 is 11.9 Å². The lowest BCUT2D eigenvalue weighted by molar-refractivity contribution is -0.142. The van der Waals surface area contributed by atoms with Gasteiger partial charge in [-0.3, -0.25) is 9.59 Å². The molecule has 2 N–H and O–H groups in total. The molecule has 0 radical (unpaired) electrons. The first-order valence-electron chi connectivity index (χ1n) is 8.81. The van der Waals surface area contributed by atoms with Crippen LogP contribution in [0.2, 0.25) is 0 Å². The van der Waals surface area contributed by atoms with E-state index in [1.54, 1.807) is 7.11 Å². The van der Waals surface area contributed by atoms with E-state index in [0.717, 1.165) is 43.7 Å². The first kappa shape index (κ1) is 18.8. The number of aliphatic carboxylic acids is 1. The second kappa shape index (κ2) is 7.48. The monoisotopic (exact) mass is 413 g/mol. The van der Waals surface area contributed by atoms with Crippen molar-refractivity contribution < 1.29 is 14.6 Å². The van der Waals surface area contributed by atoms with Crippen molar-refractivity contribution >= 4 is 29.1 Å². The number of ether oxygens (including phenoxy) is 1. The molecule has 2 heterocycles. The number of methoxy groups -OCH3 is 1. The number of aryl methyl sites for hydroxylation is 1. The number of aromatic amines is 1. The minimum atomic E-state index is -0.870. The first-order valence-corrected chi connectivity index (χ1v) is 10.5. The molecule has 0 saturated heterocycles. The number of nitrogens with one attached hydrogen (secondary N) is 1. The fourth-order valence-electron chi connectivity index (χ4n) is 3.63. The third-order valence-electron chi connectivity index (χ3n) is 5.02. The van der Waals surface area contributed by atoms with Crippen LogP contribution in [0.5, 0.6) is 5.75 Å². The van der Waals surface area contributed by atoms with Gasteiger partial charge >= 0.3 is 10.8 Å². The van der Waals surface area contributed by atoms with Gasteiger partial charge in [-0.25, -0.2) is 0 Å². The number of fused-ring (bicyclic) bond motifs is 1. The zero-order chi connectivity index (χ0) is 19.8. The molecular formula is C21H19NO4S2. The average Bonchev–Trinajstić information content (AvgIpc) is 3.07. The summed E-state index contributed by atoms with van der Waals surface area (Å²) in [4.78, 5) is 28.0. The summed E-state index contributed by atoms with van der Waals surface area (Å²) in [7, 11) is 1.60. The highest BCUT2D eigenvalue weighted by Crippen LogP contribution is 2.55. The van der Waals surface area contributed by atoms with Crippen molar-refractivity contribution in [3.05, 3.63) is 79.8 Å². The third-order valence-corrected chi connectivity index (χ3v) is 7.49. The molecule has 0 unspecified atom stereocenters. The van der Waals surface area contributed by atoms with Gasteiger partial charge in [0.25, 0.3) is 0 Å². The van der Waals surface area contributed by atoms with Crippen LogP contribution in [0.15, 0.2) is 58.4 Å². The minimum Gasteiger partial charge on any atom is -0.497 e. The molecule has 28 heavy (non-hydrogen) atoms. The number of thiazole rings is 1. The van der Waals surface area contributed by atoms with Crippen LogP contribution in [-0.4, -0.2) is 23.2 Å². The maximum absolute atomic E-state index is 12.4. The highest BCUT2D eigenvalue weighted by molar-refractivity contribution is 7.99. The molecule has 1 aromatic heterocycles. The van der Waals surface area contributed by atoms with Crippen LogP contribution in [0.25, 0.3) is 0 Å². The van der Waals surface area contributed by atoms with Crippen molar-refractivity contribution in [1.82, 2.24) is 4.98 Å². The van der Waals surface area contributed by atoms with E-state index in [2.05, 4.69) is 4.98 Å². The Hall–Kier alpha value is -2.51. The smallest absolute Gasteiger partial charge is 0.308 e. The predicted octanol–water partition coefficient (Wildman–Crippen LogP) is 4.43. The van der Waals surface area contributed by atoms with E-state index in [-0.39, 0.29) is 16.0 Å².